The van der Waals surface area contributed by atoms with Gasteiger partial charge in [0.15, 0.2) is 0 Å². The first kappa shape index (κ1) is 13.6. The van der Waals surface area contributed by atoms with Crippen molar-refractivity contribution >= 4 is 16.8 Å². The molecule has 2 aromatic rings. The molecule has 0 saturated heterocycles. The highest BCUT2D eigenvalue weighted by molar-refractivity contribution is 5.82. The predicted octanol–water partition coefficient (Wildman–Crippen LogP) is 2.17. The summed E-state index contributed by atoms with van der Waals surface area (Å²) in [6, 6.07) is 8.51. The van der Waals surface area contributed by atoms with Gasteiger partial charge in [-0.05, 0) is 31.5 Å². The molecule has 1 aromatic carbocycles. The Balaban J connectivity index is 1.80. The highest BCUT2D eigenvalue weighted by Gasteiger charge is 2.04. The molecule has 0 atom stereocenters. The third-order valence-corrected chi connectivity index (χ3v) is 2.98. The van der Waals surface area contributed by atoms with Crippen LogP contribution in [0.2, 0.25) is 0 Å². The van der Waals surface area contributed by atoms with Gasteiger partial charge in [0.2, 0.25) is 5.91 Å². The van der Waals surface area contributed by atoms with Gasteiger partial charge in [0.1, 0.15) is 0 Å². The zero-order chi connectivity index (χ0) is 13.7. The summed E-state index contributed by atoms with van der Waals surface area (Å²) < 4.78 is 0. The van der Waals surface area contributed by atoms with Gasteiger partial charge >= 0.3 is 0 Å². The zero-order valence-corrected chi connectivity index (χ0v) is 11.5. The summed E-state index contributed by atoms with van der Waals surface area (Å²) in [5, 5.41) is 7.43. The van der Waals surface area contributed by atoms with Crippen molar-refractivity contribution in [3.8, 4) is 0 Å². The van der Waals surface area contributed by atoms with E-state index < -0.39 is 0 Å². The first-order chi connectivity index (χ1) is 9.16. The van der Waals surface area contributed by atoms with Crippen LogP contribution in [0.25, 0.3) is 10.9 Å². The molecule has 4 nitrogen and oxygen atoms in total. The molecule has 0 bridgehead atoms. The van der Waals surface area contributed by atoms with Gasteiger partial charge in [0.25, 0.3) is 0 Å². The lowest BCUT2D eigenvalue weighted by atomic mass is 10.1. The second kappa shape index (κ2) is 6.38. The number of fused-ring (bicyclic) bond motifs is 1. The lowest BCUT2D eigenvalue weighted by Gasteiger charge is -2.09. The quantitative estimate of drug-likeness (QED) is 0.696. The van der Waals surface area contributed by atoms with Crippen LogP contribution >= 0.6 is 0 Å². The van der Waals surface area contributed by atoms with E-state index in [2.05, 4.69) is 33.8 Å². The number of benzene rings is 1. The minimum Gasteiger partial charge on any atom is -0.361 e. The Morgan fingerprint density at radius 2 is 2.16 bits per heavy atom. The number of nitrogens with one attached hydrogen (secondary N) is 3. The molecule has 0 aliphatic carbocycles. The van der Waals surface area contributed by atoms with Crippen LogP contribution in [-0.2, 0) is 11.3 Å². The number of H-pyrrole nitrogens is 1. The molecule has 4 heteroatoms. The molecule has 19 heavy (non-hydrogen) atoms. The van der Waals surface area contributed by atoms with Gasteiger partial charge in [0, 0.05) is 42.7 Å². The van der Waals surface area contributed by atoms with Crippen LogP contribution in [0, 0.1) is 0 Å². The molecular formula is C15H21N3O. The molecule has 0 aliphatic heterocycles. The summed E-state index contributed by atoms with van der Waals surface area (Å²) in [5.41, 5.74) is 2.40. The predicted molar refractivity (Wildman–Crippen MR) is 77.9 cm³/mol. The summed E-state index contributed by atoms with van der Waals surface area (Å²) >= 11 is 0. The minimum atomic E-state index is 0.0994. The fourth-order valence-corrected chi connectivity index (χ4v) is 2.12. The molecule has 1 heterocycles. The van der Waals surface area contributed by atoms with E-state index in [0.717, 1.165) is 12.1 Å². The molecule has 0 fully saturated rings. The molecule has 2 rings (SSSR count). The highest BCUT2D eigenvalue weighted by Crippen LogP contribution is 2.16. The van der Waals surface area contributed by atoms with Gasteiger partial charge in [0.05, 0.1) is 0 Å². The third-order valence-electron chi connectivity index (χ3n) is 2.98. The Morgan fingerprint density at radius 1 is 1.32 bits per heavy atom. The maximum Gasteiger partial charge on any atom is 0.221 e. The van der Waals surface area contributed by atoms with Crippen molar-refractivity contribution in [3.05, 3.63) is 36.0 Å². The van der Waals surface area contributed by atoms with E-state index >= 15 is 0 Å². The van der Waals surface area contributed by atoms with Gasteiger partial charge in [-0.3, -0.25) is 4.79 Å². The second-order valence-corrected chi connectivity index (χ2v) is 5.01. The Hall–Kier alpha value is -1.81. The molecule has 0 radical (unpaired) electrons. The van der Waals surface area contributed by atoms with Crippen molar-refractivity contribution < 1.29 is 4.79 Å². The van der Waals surface area contributed by atoms with Crippen molar-refractivity contribution in [3.63, 3.8) is 0 Å². The van der Waals surface area contributed by atoms with Crippen LogP contribution in [0.3, 0.4) is 0 Å². The standard InChI is InChI=1S/C15H21N3O/c1-11(2)18-15(19)7-8-16-10-12-4-3-5-14-13(12)6-9-17-14/h3-6,9,11,16-17H,7-8,10H2,1-2H3,(H,18,19). The molecular weight excluding hydrogens is 238 g/mol. The number of carbonyl (C=O) groups excluding carboxylic acids is 1. The van der Waals surface area contributed by atoms with Gasteiger partial charge in [-0.1, -0.05) is 12.1 Å². The maximum absolute atomic E-state index is 11.5. The first-order valence-corrected chi connectivity index (χ1v) is 6.72. The summed E-state index contributed by atoms with van der Waals surface area (Å²) in [6.45, 7) is 5.42. The topological polar surface area (TPSA) is 56.9 Å². The first-order valence-electron chi connectivity index (χ1n) is 6.72. The van der Waals surface area contributed by atoms with E-state index in [1.807, 2.05) is 26.1 Å². The fourth-order valence-electron chi connectivity index (χ4n) is 2.12. The summed E-state index contributed by atoms with van der Waals surface area (Å²) in [4.78, 5) is 14.7. The number of amides is 1. The van der Waals surface area contributed by atoms with E-state index in [1.165, 1.54) is 10.9 Å². The van der Waals surface area contributed by atoms with Crippen LogP contribution in [0.4, 0.5) is 0 Å². The third kappa shape index (κ3) is 3.83. The highest BCUT2D eigenvalue weighted by atomic mass is 16.1. The van der Waals surface area contributed by atoms with Crippen molar-refractivity contribution in [1.82, 2.24) is 15.6 Å². The van der Waals surface area contributed by atoms with E-state index in [1.54, 1.807) is 0 Å². The monoisotopic (exact) mass is 259 g/mol. The lowest BCUT2D eigenvalue weighted by molar-refractivity contribution is -0.121. The van der Waals surface area contributed by atoms with Crippen LogP contribution in [0.1, 0.15) is 25.8 Å². The largest absolute Gasteiger partial charge is 0.361 e. The van der Waals surface area contributed by atoms with Gasteiger partial charge in [-0.25, -0.2) is 0 Å². The smallest absolute Gasteiger partial charge is 0.221 e. The normalized spacial score (nSPS) is 11.1. The summed E-state index contributed by atoms with van der Waals surface area (Å²) in [7, 11) is 0. The summed E-state index contributed by atoms with van der Waals surface area (Å²) in [6.07, 6.45) is 2.46. The molecule has 0 saturated carbocycles. The Kier molecular flexibility index (Phi) is 4.58. The average molecular weight is 259 g/mol. The number of hydrogen-bond acceptors (Lipinski definition) is 2. The maximum atomic E-state index is 11.5. The second-order valence-electron chi connectivity index (χ2n) is 5.01. The van der Waals surface area contributed by atoms with Gasteiger partial charge < -0.3 is 15.6 Å². The average Bonchev–Trinajstić information content (AvgIpc) is 2.82. The van der Waals surface area contributed by atoms with Crippen molar-refractivity contribution in [2.45, 2.75) is 32.9 Å². The number of carbonyl (C=O) groups is 1. The Morgan fingerprint density at radius 3 is 2.95 bits per heavy atom. The van der Waals surface area contributed by atoms with Gasteiger partial charge in [-0.2, -0.15) is 0 Å². The summed E-state index contributed by atoms with van der Waals surface area (Å²) in [5.74, 6) is 0.0994. The van der Waals surface area contributed by atoms with E-state index in [0.29, 0.717) is 13.0 Å². The van der Waals surface area contributed by atoms with Crippen LogP contribution in [0.15, 0.2) is 30.5 Å². The van der Waals surface area contributed by atoms with Crippen LogP contribution in [-0.4, -0.2) is 23.5 Å². The Labute approximate surface area is 113 Å². The minimum absolute atomic E-state index is 0.0994. The molecule has 1 aromatic heterocycles. The van der Waals surface area contributed by atoms with Crippen molar-refractivity contribution in [2.24, 2.45) is 0 Å². The van der Waals surface area contributed by atoms with E-state index in [4.69, 9.17) is 0 Å². The van der Waals surface area contributed by atoms with Crippen molar-refractivity contribution in [1.29, 1.82) is 0 Å². The number of hydrogen-bond donors (Lipinski definition) is 3. The number of aromatic amines is 1. The molecule has 3 N–H and O–H groups in total. The molecule has 0 aliphatic rings. The van der Waals surface area contributed by atoms with Crippen LogP contribution < -0.4 is 10.6 Å². The van der Waals surface area contributed by atoms with E-state index in [-0.39, 0.29) is 11.9 Å². The van der Waals surface area contributed by atoms with E-state index in [9.17, 15) is 4.79 Å². The Bertz CT molecular complexity index is 545. The number of aromatic nitrogens is 1. The number of rotatable bonds is 6. The molecule has 0 unspecified atom stereocenters. The zero-order valence-electron chi connectivity index (χ0n) is 11.5. The van der Waals surface area contributed by atoms with Crippen molar-refractivity contribution in [2.75, 3.05) is 6.54 Å². The molecule has 102 valence electrons. The molecule has 0 spiro atoms. The fraction of sp³-hybridized carbons (Fsp3) is 0.400. The SMILES string of the molecule is CC(C)NC(=O)CCNCc1cccc2[nH]ccc12. The molecule has 1 amide bonds. The van der Waals surface area contributed by atoms with Gasteiger partial charge in [-0.15, -0.1) is 0 Å². The lowest BCUT2D eigenvalue weighted by Crippen LogP contribution is -2.32. The van der Waals surface area contributed by atoms with Crippen LogP contribution in [0.5, 0.6) is 0 Å².